The number of anilines is 2. The summed E-state index contributed by atoms with van der Waals surface area (Å²) in [6.45, 7) is 10.7. The van der Waals surface area contributed by atoms with Crippen molar-refractivity contribution in [2.75, 3.05) is 29.1 Å². The second-order valence-electron chi connectivity index (χ2n) is 9.01. The highest BCUT2D eigenvalue weighted by Crippen LogP contribution is 2.33. The zero-order valence-corrected chi connectivity index (χ0v) is 19.6. The van der Waals surface area contributed by atoms with Crippen LogP contribution in [0.4, 0.5) is 11.8 Å². The molecule has 1 saturated heterocycles. The third-order valence-corrected chi connectivity index (χ3v) is 7.31. The fraction of sp³-hybridized carbons (Fsp3) is 0.360. The van der Waals surface area contributed by atoms with Gasteiger partial charge >= 0.3 is 0 Å². The zero-order chi connectivity index (χ0) is 22.1. The number of aromatic nitrogens is 2. The standard InChI is InChI=1S/C25H29BN5S/c1-17(2)30-25(14-26-15-25)16-27-23-20-12-18(3)8-9-21(20)28-24(29-23)31-10-11-32-22-7-5-4-6-19(22)13-31/h4-9,12,30H,1,10-11,13-16H2,2-3H3,(H,27,28,29). The fourth-order valence-corrected chi connectivity index (χ4v) is 5.52. The van der Waals surface area contributed by atoms with Gasteiger partial charge in [0.05, 0.1) is 5.52 Å². The van der Waals surface area contributed by atoms with Gasteiger partial charge in [-0.2, -0.15) is 4.98 Å². The molecule has 0 aliphatic carbocycles. The van der Waals surface area contributed by atoms with E-state index >= 15 is 0 Å². The summed E-state index contributed by atoms with van der Waals surface area (Å²) < 4.78 is 0. The van der Waals surface area contributed by atoms with E-state index in [0.717, 1.165) is 66.4 Å². The number of nitrogens with one attached hydrogen (secondary N) is 2. The number of benzene rings is 2. The van der Waals surface area contributed by atoms with Gasteiger partial charge in [-0.1, -0.05) is 49.0 Å². The van der Waals surface area contributed by atoms with E-state index in [1.54, 1.807) is 0 Å². The van der Waals surface area contributed by atoms with Gasteiger partial charge in [0.15, 0.2) is 0 Å². The highest BCUT2D eigenvalue weighted by Gasteiger charge is 2.37. The molecule has 2 aromatic carbocycles. The molecule has 163 valence electrons. The number of rotatable bonds is 6. The maximum Gasteiger partial charge on any atom is 0.228 e. The van der Waals surface area contributed by atoms with Crippen LogP contribution in [0.1, 0.15) is 18.1 Å². The average Bonchev–Trinajstić information content (AvgIpc) is 2.97. The first-order valence-electron chi connectivity index (χ1n) is 11.2. The summed E-state index contributed by atoms with van der Waals surface area (Å²) in [5.74, 6) is 2.73. The van der Waals surface area contributed by atoms with Gasteiger partial charge in [0.1, 0.15) is 13.1 Å². The first kappa shape index (κ1) is 21.2. The molecule has 0 amide bonds. The van der Waals surface area contributed by atoms with E-state index in [0.29, 0.717) is 0 Å². The molecule has 3 aromatic rings. The van der Waals surface area contributed by atoms with E-state index < -0.39 is 0 Å². The lowest BCUT2D eigenvalue weighted by Crippen LogP contribution is -2.56. The highest BCUT2D eigenvalue weighted by atomic mass is 32.2. The average molecular weight is 442 g/mol. The Balaban J connectivity index is 1.48. The Morgan fingerprint density at radius 3 is 2.84 bits per heavy atom. The van der Waals surface area contributed by atoms with E-state index in [2.05, 4.69) is 78.8 Å². The van der Waals surface area contributed by atoms with Crippen LogP contribution in [0.2, 0.25) is 12.6 Å². The van der Waals surface area contributed by atoms with Crippen molar-refractivity contribution in [1.29, 1.82) is 0 Å². The molecule has 7 heteroatoms. The molecular weight excluding hydrogens is 413 g/mol. The molecule has 1 radical (unpaired) electrons. The smallest absolute Gasteiger partial charge is 0.228 e. The van der Waals surface area contributed by atoms with Crippen molar-refractivity contribution < 1.29 is 0 Å². The monoisotopic (exact) mass is 442 g/mol. The summed E-state index contributed by atoms with van der Waals surface area (Å²) in [5.41, 5.74) is 4.56. The number of fused-ring (bicyclic) bond motifs is 2. The highest BCUT2D eigenvalue weighted by molar-refractivity contribution is 7.99. The van der Waals surface area contributed by atoms with Crippen LogP contribution in [0.5, 0.6) is 0 Å². The van der Waals surface area contributed by atoms with Crippen LogP contribution in [0.25, 0.3) is 10.9 Å². The van der Waals surface area contributed by atoms with Crippen molar-refractivity contribution in [2.24, 2.45) is 0 Å². The number of thioether (sulfide) groups is 1. The van der Waals surface area contributed by atoms with Gasteiger partial charge in [-0.25, -0.2) is 4.98 Å². The Morgan fingerprint density at radius 2 is 2.06 bits per heavy atom. The van der Waals surface area contributed by atoms with Crippen molar-refractivity contribution in [1.82, 2.24) is 15.3 Å². The van der Waals surface area contributed by atoms with Crippen LogP contribution >= 0.6 is 11.8 Å². The number of nitrogens with zero attached hydrogens (tertiary/aromatic N) is 3. The third kappa shape index (κ3) is 4.31. The van der Waals surface area contributed by atoms with Crippen LogP contribution in [0.15, 0.2) is 59.6 Å². The van der Waals surface area contributed by atoms with Gasteiger partial charge in [-0.05, 0) is 37.6 Å². The molecule has 0 spiro atoms. The molecular formula is C25H29BN5S. The first-order chi connectivity index (χ1) is 15.5. The summed E-state index contributed by atoms with van der Waals surface area (Å²) in [5, 5.41) is 8.32. The van der Waals surface area contributed by atoms with E-state index in [4.69, 9.17) is 9.97 Å². The summed E-state index contributed by atoms with van der Waals surface area (Å²) >= 11 is 1.91. The fourth-order valence-electron chi connectivity index (χ4n) is 4.49. The molecule has 1 aromatic heterocycles. The summed E-state index contributed by atoms with van der Waals surface area (Å²) in [6.07, 6.45) is 2.06. The minimum absolute atomic E-state index is 0.0191. The normalized spacial score (nSPS) is 17.0. The predicted molar refractivity (Wildman–Crippen MR) is 137 cm³/mol. The van der Waals surface area contributed by atoms with Crippen LogP contribution in [-0.2, 0) is 6.54 Å². The molecule has 0 atom stereocenters. The molecule has 5 rings (SSSR count). The Kier molecular flexibility index (Phi) is 5.76. The minimum Gasteiger partial charge on any atom is -0.383 e. The maximum absolute atomic E-state index is 5.05. The zero-order valence-electron chi connectivity index (χ0n) is 18.8. The largest absolute Gasteiger partial charge is 0.383 e. The molecule has 2 N–H and O–H groups in total. The Hall–Kier alpha value is -2.67. The van der Waals surface area contributed by atoms with E-state index in [-0.39, 0.29) is 5.54 Å². The molecule has 2 aliphatic rings. The van der Waals surface area contributed by atoms with Crippen molar-refractivity contribution in [3.8, 4) is 0 Å². The molecule has 0 saturated carbocycles. The molecule has 5 nitrogen and oxygen atoms in total. The summed E-state index contributed by atoms with van der Waals surface area (Å²) in [4.78, 5) is 13.7. The van der Waals surface area contributed by atoms with Gasteiger partial charge in [0.25, 0.3) is 0 Å². The number of aryl methyl sites for hydroxylation is 1. The van der Waals surface area contributed by atoms with Crippen LogP contribution in [-0.4, -0.2) is 41.6 Å². The van der Waals surface area contributed by atoms with Gasteiger partial charge in [-0.15, -0.1) is 11.8 Å². The lowest BCUT2D eigenvalue weighted by molar-refractivity contribution is 0.415. The SMILES string of the molecule is C=C(C)NC1(CNc2nc(N3CCSc4ccccc4C3)nc3ccc(C)cc23)C[B]C1. The molecule has 2 aliphatic heterocycles. The van der Waals surface area contributed by atoms with Crippen molar-refractivity contribution in [2.45, 2.75) is 43.5 Å². The number of hydrogen-bond donors (Lipinski definition) is 2. The second kappa shape index (κ2) is 8.70. The molecule has 1 fully saturated rings. The molecule has 3 heterocycles. The summed E-state index contributed by atoms with van der Waals surface area (Å²) in [6, 6.07) is 15.1. The second-order valence-corrected chi connectivity index (χ2v) is 10.1. The van der Waals surface area contributed by atoms with E-state index in [1.165, 1.54) is 16.0 Å². The Labute approximate surface area is 195 Å². The quantitative estimate of drug-likeness (QED) is 0.531. The van der Waals surface area contributed by atoms with Gasteiger partial charge < -0.3 is 15.5 Å². The topological polar surface area (TPSA) is 53.1 Å². The first-order valence-corrected chi connectivity index (χ1v) is 12.2. The van der Waals surface area contributed by atoms with Crippen molar-refractivity contribution >= 4 is 41.7 Å². The predicted octanol–water partition coefficient (Wildman–Crippen LogP) is 4.88. The van der Waals surface area contributed by atoms with E-state index in [9.17, 15) is 0 Å². The third-order valence-electron chi connectivity index (χ3n) is 6.22. The Bertz CT molecular complexity index is 1160. The maximum atomic E-state index is 5.05. The molecule has 0 unspecified atom stereocenters. The van der Waals surface area contributed by atoms with Gasteiger partial charge in [0, 0.05) is 46.9 Å². The lowest BCUT2D eigenvalue weighted by Gasteiger charge is -2.43. The molecule has 0 bridgehead atoms. The van der Waals surface area contributed by atoms with E-state index in [1.807, 2.05) is 18.7 Å². The lowest BCUT2D eigenvalue weighted by atomic mass is 9.46. The number of hydrogen-bond acceptors (Lipinski definition) is 6. The van der Waals surface area contributed by atoms with Crippen molar-refractivity contribution in [3.63, 3.8) is 0 Å². The van der Waals surface area contributed by atoms with Crippen LogP contribution in [0.3, 0.4) is 0 Å². The minimum atomic E-state index is 0.0191. The Morgan fingerprint density at radius 1 is 1.22 bits per heavy atom. The van der Waals surface area contributed by atoms with Gasteiger partial charge in [0.2, 0.25) is 5.95 Å². The van der Waals surface area contributed by atoms with Crippen LogP contribution in [0, 0.1) is 6.92 Å². The van der Waals surface area contributed by atoms with Crippen molar-refractivity contribution in [3.05, 3.63) is 65.9 Å². The van der Waals surface area contributed by atoms with Crippen LogP contribution < -0.4 is 15.5 Å². The molecule has 32 heavy (non-hydrogen) atoms. The summed E-state index contributed by atoms with van der Waals surface area (Å²) in [7, 11) is 2.32. The number of allylic oxidation sites excluding steroid dienone is 1. The van der Waals surface area contributed by atoms with Gasteiger partial charge in [-0.3, -0.25) is 0 Å².